The minimum absolute atomic E-state index is 0. The Balaban J connectivity index is 0.00000264. The van der Waals surface area contributed by atoms with E-state index < -0.39 is 18.8 Å². The number of nitrogens with zero attached hydrogens (tertiary/aromatic N) is 3. The predicted octanol–water partition coefficient (Wildman–Crippen LogP) is 1.44. The number of likely N-dealkylation sites (tertiary alicyclic amines) is 1. The molecule has 5 nitrogen and oxygen atoms in total. The predicted molar refractivity (Wildman–Crippen MR) is 94.1 cm³/mol. The van der Waals surface area contributed by atoms with Crippen molar-refractivity contribution in [2.75, 3.05) is 39.3 Å². The highest BCUT2D eigenvalue weighted by atomic mass is 127. The number of hydrogen-bond donors (Lipinski definition) is 2. The molecule has 2 aliphatic rings. The molecule has 1 fully saturated rings. The van der Waals surface area contributed by atoms with Gasteiger partial charge in [-0.05, 0) is 13.3 Å². The molecule has 9 heteroatoms. The second-order valence-corrected chi connectivity index (χ2v) is 5.57. The highest BCUT2D eigenvalue weighted by molar-refractivity contribution is 14.0. The highest BCUT2D eigenvalue weighted by Crippen LogP contribution is 2.21. The van der Waals surface area contributed by atoms with Crippen molar-refractivity contribution in [1.82, 2.24) is 15.1 Å². The maximum Gasteiger partial charge on any atom is 0.416 e. The summed E-state index contributed by atoms with van der Waals surface area (Å²) in [5, 5.41) is 12.1. The van der Waals surface area contributed by atoms with Crippen molar-refractivity contribution in [3.05, 3.63) is 12.2 Å². The van der Waals surface area contributed by atoms with Crippen molar-refractivity contribution in [1.29, 1.82) is 0 Å². The summed E-state index contributed by atoms with van der Waals surface area (Å²) in [7, 11) is 0. The van der Waals surface area contributed by atoms with Crippen LogP contribution in [-0.4, -0.2) is 78.5 Å². The molecule has 0 aromatic rings. The monoisotopic (exact) mass is 448 g/mol. The molecule has 2 atom stereocenters. The van der Waals surface area contributed by atoms with E-state index in [2.05, 4.69) is 27.4 Å². The molecule has 0 spiro atoms. The van der Waals surface area contributed by atoms with Crippen LogP contribution in [0.2, 0.25) is 0 Å². The number of hydrogen-bond acceptors (Lipinski definition) is 3. The van der Waals surface area contributed by atoms with Gasteiger partial charge in [0.05, 0.1) is 6.54 Å². The largest absolute Gasteiger partial charge is 0.416 e. The number of aliphatic hydroxyl groups is 1. The molecular weight excluding hydrogens is 424 g/mol. The lowest BCUT2D eigenvalue weighted by atomic mass is 10.2. The normalized spacial score (nSPS) is 24.0. The van der Waals surface area contributed by atoms with E-state index in [0.717, 1.165) is 32.6 Å². The summed E-state index contributed by atoms with van der Waals surface area (Å²) in [4.78, 5) is 8.26. The lowest BCUT2D eigenvalue weighted by Gasteiger charge is -2.25. The van der Waals surface area contributed by atoms with Gasteiger partial charge in [0.2, 0.25) is 0 Å². The number of nitrogens with one attached hydrogen (secondary N) is 1. The SMILES string of the molecule is CCNC(=NCC(O)C(F)(F)F)N1CCC(N2CC=CC2)C1.I. The van der Waals surface area contributed by atoms with Gasteiger partial charge in [-0.25, -0.2) is 0 Å². The Labute approximate surface area is 151 Å². The second-order valence-electron chi connectivity index (χ2n) is 5.57. The number of aliphatic imine (C=N–C) groups is 1. The first kappa shape index (κ1) is 20.5. The van der Waals surface area contributed by atoms with Crippen LogP contribution in [-0.2, 0) is 0 Å². The summed E-state index contributed by atoms with van der Waals surface area (Å²) in [6.45, 7) is 5.14. The molecular formula is C14H24F3IN4O. The van der Waals surface area contributed by atoms with Gasteiger partial charge in [0.25, 0.3) is 0 Å². The fourth-order valence-corrected chi connectivity index (χ4v) is 2.73. The summed E-state index contributed by atoms with van der Waals surface area (Å²) in [6, 6.07) is 0.395. The molecule has 0 radical (unpaired) electrons. The van der Waals surface area contributed by atoms with Gasteiger partial charge in [-0.3, -0.25) is 9.89 Å². The first-order valence-corrected chi connectivity index (χ1v) is 7.59. The van der Waals surface area contributed by atoms with Crippen molar-refractivity contribution < 1.29 is 18.3 Å². The summed E-state index contributed by atoms with van der Waals surface area (Å²) < 4.78 is 37.1. The van der Waals surface area contributed by atoms with Crippen LogP contribution in [0.15, 0.2) is 17.1 Å². The molecule has 134 valence electrons. The van der Waals surface area contributed by atoms with Crippen molar-refractivity contribution in [3.8, 4) is 0 Å². The Hall–Kier alpha value is -0.550. The minimum Gasteiger partial charge on any atom is -0.382 e. The molecule has 23 heavy (non-hydrogen) atoms. The number of guanidine groups is 1. The maximum atomic E-state index is 12.4. The van der Waals surface area contributed by atoms with E-state index in [1.807, 2.05) is 11.8 Å². The van der Waals surface area contributed by atoms with E-state index in [-0.39, 0.29) is 24.0 Å². The van der Waals surface area contributed by atoms with Gasteiger partial charge in [0, 0.05) is 38.8 Å². The Bertz CT molecular complexity index is 423. The third-order valence-corrected chi connectivity index (χ3v) is 3.95. The second kappa shape index (κ2) is 9.07. The van der Waals surface area contributed by atoms with Gasteiger partial charge in [-0.15, -0.1) is 24.0 Å². The molecule has 0 bridgehead atoms. The Morgan fingerprint density at radius 2 is 2.04 bits per heavy atom. The van der Waals surface area contributed by atoms with Crippen LogP contribution in [0, 0.1) is 0 Å². The van der Waals surface area contributed by atoms with Gasteiger partial charge in [-0.1, -0.05) is 12.2 Å². The lowest BCUT2D eigenvalue weighted by molar-refractivity contribution is -0.199. The standard InChI is InChI=1S/C14H23F3N4O.HI/c1-2-18-13(19-9-12(22)14(15,16)17)21-8-5-11(10-21)20-6-3-4-7-20;/h3-4,11-12,22H,2,5-10H2,1H3,(H,18,19);1H. The maximum absolute atomic E-state index is 12.4. The van der Waals surface area contributed by atoms with Crippen LogP contribution in [0.3, 0.4) is 0 Å². The topological polar surface area (TPSA) is 51.1 Å². The van der Waals surface area contributed by atoms with Gasteiger partial charge < -0.3 is 15.3 Å². The average Bonchev–Trinajstić information content (AvgIpc) is 3.11. The number of rotatable bonds is 4. The molecule has 2 unspecified atom stereocenters. The fraction of sp³-hybridized carbons (Fsp3) is 0.786. The molecule has 0 aromatic carbocycles. The minimum atomic E-state index is -4.63. The Kier molecular flexibility index (Phi) is 8.08. The van der Waals surface area contributed by atoms with Gasteiger partial charge >= 0.3 is 6.18 Å². The van der Waals surface area contributed by atoms with E-state index >= 15 is 0 Å². The van der Waals surface area contributed by atoms with Gasteiger partial charge in [0.1, 0.15) is 0 Å². The zero-order valence-electron chi connectivity index (χ0n) is 13.1. The van der Waals surface area contributed by atoms with E-state index in [4.69, 9.17) is 5.11 Å². The van der Waals surface area contributed by atoms with Crippen LogP contribution in [0.1, 0.15) is 13.3 Å². The molecule has 2 rings (SSSR count). The quantitative estimate of drug-likeness (QED) is 0.296. The molecule has 2 N–H and O–H groups in total. The number of halogens is 4. The first-order chi connectivity index (χ1) is 10.4. The van der Waals surface area contributed by atoms with Crippen molar-refractivity contribution in [2.24, 2.45) is 4.99 Å². The zero-order valence-corrected chi connectivity index (χ0v) is 15.4. The van der Waals surface area contributed by atoms with Gasteiger partial charge in [0.15, 0.2) is 12.1 Å². The summed E-state index contributed by atoms with van der Waals surface area (Å²) in [5.74, 6) is 0.445. The van der Waals surface area contributed by atoms with Crippen molar-refractivity contribution in [2.45, 2.75) is 31.7 Å². The van der Waals surface area contributed by atoms with Crippen LogP contribution in [0.25, 0.3) is 0 Å². The average molecular weight is 448 g/mol. The van der Waals surface area contributed by atoms with E-state index in [1.165, 1.54) is 0 Å². The summed E-state index contributed by atoms with van der Waals surface area (Å²) in [5.41, 5.74) is 0. The van der Waals surface area contributed by atoms with E-state index in [1.54, 1.807) is 0 Å². The number of alkyl halides is 3. The highest BCUT2D eigenvalue weighted by Gasteiger charge is 2.38. The summed E-state index contributed by atoms with van der Waals surface area (Å²) >= 11 is 0. The molecule has 0 aliphatic carbocycles. The van der Waals surface area contributed by atoms with Gasteiger partial charge in [-0.2, -0.15) is 13.2 Å². The molecule has 2 heterocycles. The smallest absolute Gasteiger partial charge is 0.382 e. The third-order valence-electron chi connectivity index (χ3n) is 3.95. The van der Waals surface area contributed by atoms with E-state index in [9.17, 15) is 13.2 Å². The molecule has 0 saturated carbocycles. The zero-order chi connectivity index (χ0) is 16.2. The third kappa shape index (κ3) is 5.79. The lowest BCUT2D eigenvalue weighted by Crippen LogP contribution is -2.43. The molecule has 0 amide bonds. The van der Waals surface area contributed by atoms with E-state index in [0.29, 0.717) is 18.5 Å². The Morgan fingerprint density at radius 3 is 2.61 bits per heavy atom. The van der Waals surface area contributed by atoms with Crippen LogP contribution < -0.4 is 5.32 Å². The molecule has 2 aliphatic heterocycles. The van der Waals surface area contributed by atoms with Crippen LogP contribution in [0.5, 0.6) is 0 Å². The van der Waals surface area contributed by atoms with Crippen LogP contribution >= 0.6 is 24.0 Å². The fourth-order valence-electron chi connectivity index (χ4n) is 2.73. The molecule has 0 aromatic heterocycles. The Morgan fingerprint density at radius 1 is 1.39 bits per heavy atom. The van der Waals surface area contributed by atoms with Crippen LogP contribution in [0.4, 0.5) is 13.2 Å². The molecule has 1 saturated heterocycles. The number of aliphatic hydroxyl groups excluding tert-OH is 1. The van der Waals surface area contributed by atoms with Crippen molar-refractivity contribution in [3.63, 3.8) is 0 Å². The first-order valence-electron chi connectivity index (χ1n) is 7.59. The summed E-state index contributed by atoms with van der Waals surface area (Å²) in [6.07, 6.45) is -1.82. The van der Waals surface area contributed by atoms with Crippen molar-refractivity contribution >= 4 is 29.9 Å².